The van der Waals surface area contributed by atoms with Crippen molar-refractivity contribution in [2.24, 2.45) is 0 Å². The van der Waals surface area contributed by atoms with Crippen molar-refractivity contribution in [3.63, 3.8) is 0 Å². The van der Waals surface area contributed by atoms with E-state index >= 15 is 0 Å². The number of hydrogen-bond donors (Lipinski definition) is 2. The van der Waals surface area contributed by atoms with E-state index in [2.05, 4.69) is 29.6 Å². The van der Waals surface area contributed by atoms with Gasteiger partial charge in [-0.2, -0.15) is 0 Å². The number of fused-ring (bicyclic) bond motifs is 3. The van der Waals surface area contributed by atoms with Gasteiger partial charge < -0.3 is 24.8 Å². The molecule has 2 N–H and O–H groups in total. The van der Waals surface area contributed by atoms with Crippen LogP contribution in [-0.2, 0) is 19.1 Å². The van der Waals surface area contributed by atoms with Crippen molar-refractivity contribution in [2.75, 3.05) is 26.8 Å². The third-order valence-corrected chi connectivity index (χ3v) is 6.66. The van der Waals surface area contributed by atoms with Gasteiger partial charge in [-0.1, -0.05) is 48.5 Å². The third-order valence-electron chi connectivity index (χ3n) is 6.66. The predicted octanol–water partition coefficient (Wildman–Crippen LogP) is 3.40. The standard InChI is InChI=1S/C26H30N2O6/c1-33-17(14-24(29)28-13-7-6-12-23(28)25(30)31)15-27-26(32)34-16-22-20-10-4-2-8-18(20)19-9-3-5-11-21(19)22/h2-5,8-11,17,22-23H,6-7,12-16H2,1H3,(H,27,32)(H,30,31)/t17?,23-/m1/s1. The lowest BCUT2D eigenvalue weighted by atomic mass is 9.98. The van der Waals surface area contributed by atoms with E-state index < -0.39 is 24.2 Å². The number of likely N-dealkylation sites (tertiary alicyclic amines) is 1. The highest BCUT2D eigenvalue weighted by Crippen LogP contribution is 2.44. The number of methoxy groups -OCH3 is 1. The summed E-state index contributed by atoms with van der Waals surface area (Å²) >= 11 is 0. The normalized spacial score (nSPS) is 18.0. The van der Waals surface area contributed by atoms with Crippen molar-refractivity contribution in [3.8, 4) is 11.1 Å². The van der Waals surface area contributed by atoms with Crippen LogP contribution in [0.1, 0.15) is 42.7 Å². The van der Waals surface area contributed by atoms with Gasteiger partial charge in [0.1, 0.15) is 12.6 Å². The van der Waals surface area contributed by atoms with Crippen LogP contribution in [0.2, 0.25) is 0 Å². The summed E-state index contributed by atoms with van der Waals surface area (Å²) in [5.41, 5.74) is 4.57. The molecule has 1 fully saturated rings. The molecule has 1 aliphatic heterocycles. The number of nitrogens with zero attached hydrogens (tertiary/aromatic N) is 1. The molecule has 2 aromatic rings. The second-order valence-corrected chi connectivity index (χ2v) is 8.71. The third kappa shape index (κ3) is 5.07. The van der Waals surface area contributed by atoms with Crippen molar-refractivity contribution in [2.45, 2.75) is 43.7 Å². The SMILES string of the molecule is COC(CNC(=O)OCC1c2ccccc2-c2ccccc21)CC(=O)N1CCCC[C@@H]1C(=O)O. The number of aliphatic carboxylic acids is 1. The van der Waals surface area contributed by atoms with Crippen molar-refractivity contribution in [3.05, 3.63) is 59.7 Å². The second kappa shape index (κ2) is 10.7. The molecule has 8 nitrogen and oxygen atoms in total. The van der Waals surface area contributed by atoms with E-state index in [1.165, 1.54) is 12.0 Å². The van der Waals surface area contributed by atoms with Crippen LogP contribution < -0.4 is 5.32 Å². The first-order valence-corrected chi connectivity index (χ1v) is 11.6. The van der Waals surface area contributed by atoms with Crippen molar-refractivity contribution >= 4 is 18.0 Å². The second-order valence-electron chi connectivity index (χ2n) is 8.71. The Hall–Kier alpha value is -3.39. The van der Waals surface area contributed by atoms with Crippen molar-refractivity contribution in [1.82, 2.24) is 10.2 Å². The highest BCUT2D eigenvalue weighted by atomic mass is 16.5. The number of carboxylic acids is 1. The summed E-state index contributed by atoms with van der Waals surface area (Å²) in [7, 11) is 1.46. The minimum atomic E-state index is -0.987. The minimum absolute atomic E-state index is 0.00998. The van der Waals surface area contributed by atoms with E-state index in [1.54, 1.807) is 0 Å². The number of piperidine rings is 1. The van der Waals surface area contributed by atoms with Gasteiger partial charge in [0.25, 0.3) is 0 Å². The first kappa shape index (κ1) is 23.8. The highest BCUT2D eigenvalue weighted by Gasteiger charge is 2.33. The first-order valence-electron chi connectivity index (χ1n) is 11.6. The quantitative estimate of drug-likeness (QED) is 0.618. The molecule has 8 heteroatoms. The Kier molecular flexibility index (Phi) is 7.47. The fraction of sp³-hybridized carbons (Fsp3) is 0.423. The summed E-state index contributed by atoms with van der Waals surface area (Å²) in [6.07, 6.45) is 0.853. The van der Waals surface area contributed by atoms with Crippen molar-refractivity contribution < 1.29 is 29.0 Å². The van der Waals surface area contributed by atoms with Gasteiger partial charge in [0.05, 0.1) is 12.5 Å². The van der Waals surface area contributed by atoms with Gasteiger partial charge >= 0.3 is 12.1 Å². The number of rotatable bonds is 8. The molecule has 34 heavy (non-hydrogen) atoms. The monoisotopic (exact) mass is 466 g/mol. The van der Waals surface area contributed by atoms with Crippen LogP contribution in [0.15, 0.2) is 48.5 Å². The molecular weight excluding hydrogens is 436 g/mol. The maximum absolute atomic E-state index is 12.7. The number of ether oxygens (including phenoxy) is 2. The lowest BCUT2D eigenvalue weighted by Crippen LogP contribution is -2.49. The van der Waals surface area contributed by atoms with Gasteiger partial charge in [-0.05, 0) is 41.5 Å². The Balaban J connectivity index is 1.30. The molecule has 180 valence electrons. The number of carbonyl (C=O) groups excluding carboxylic acids is 2. The maximum atomic E-state index is 12.7. The van der Waals surface area contributed by atoms with Crippen LogP contribution in [0.5, 0.6) is 0 Å². The summed E-state index contributed by atoms with van der Waals surface area (Å²) in [5, 5.41) is 12.1. The lowest BCUT2D eigenvalue weighted by Gasteiger charge is -2.33. The van der Waals surface area contributed by atoms with E-state index in [1.807, 2.05) is 24.3 Å². The molecule has 1 aliphatic carbocycles. The fourth-order valence-electron chi connectivity index (χ4n) is 4.88. The van der Waals surface area contributed by atoms with Gasteiger partial charge in [0.15, 0.2) is 0 Å². The molecule has 0 radical (unpaired) electrons. The fourth-order valence-corrected chi connectivity index (χ4v) is 4.88. The molecule has 1 saturated heterocycles. The van der Waals surface area contributed by atoms with E-state index in [9.17, 15) is 19.5 Å². The molecule has 0 bridgehead atoms. The summed E-state index contributed by atoms with van der Waals surface area (Å²) < 4.78 is 10.9. The first-order chi connectivity index (χ1) is 16.5. The van der Waals surface area contributed by atoms with Crippen LogP contribution in [0.25, 0.3) is 11.1 Å². The Morgan fingerprint density at radius 2 is 1.71 bits per heavy atom. The summed E-state index contributed by atoms with van der Waals surface area (Å²) in [4.78, 5) is 38.0. The molecule has 2 amide bonds. The number of carboxylic acid groups (broad SMARTS) is 1. The van der Waals surface area contributed by atoms with Gasteiger partial charge in [-0.25, -0.2) is 9.59 Å². The molecule has 1 unspecified atom stereocenters. The van der Waals surface area contributed by atoms with Gasteiger partial charge in [-0.15, -0.1) is 0 Å². The molecule has 2 aromatic carbocycles. The highest BCUT2D eigenvalue weighted by molar-refractivity contribution is 5.84. The molecule has 0 saturated carbocycles. The van der Waals surface area contributed by atoms with Crippen LogP contribution in [0, 0.1) is 0 Å². The Bertz CT molecular complexity index is 1010. The number of amides is 2. The minimum Gasteiger partial charge on any atom is -0.480 e. The Morgan fingerprint density at radius 3 is 2.32 bits per heavy atom. The van der Waals surface area contributed by atoms with E-state index in [0.29, 0.717) is 13.0 Å². The molecular formula is C26H30N2O6. The number of nitrogens with one attached hydrogen (secondary N) is 1. The van der Waals surface area contributed by atoms with E-state index in [4.69, 9.17) is 9.47 Å². The van der Waals surface area contributed by atoms with Gasteiger partial charge in [0, 0.05) is 26.1 Å². The van der Waals surface area contributed by atoms with E-state index in [0.717, 1.165) is 35.1 Å². The van der Waals surface area contributed by atoms with Crippen LogP contribution in [-0.4, -0.2) is 66.9 Å². The summed E-state index contributed by atoms with van der Waals surface area (Å²) in [5.74, 6) is -1.31. The number of hydrogen-bond acceptors (Lipinski definition) is 5. The maximum Gasteiger partial charge on any atom is 0.407 e. The Morgan fingerprint density at radius 1 is 1.06 bits per heavy atom. The topological polar surface area (TPSA) is 105 Å². The molecule has 2 atom stereocenters. The van der Waals surface area contributed by atoms with E-state index in [-0.39, 0.29) is 31.4 Å². The average molecular weight is 467 g/mol. The average Bonchev–Trinajstić information content (AvgIpc) is 3.18. The number of benzene rings is 2. The van der Waals surface area contributed by atoms with Gasteiger partial charge in [0.2, 0.25) is 5.91 Å². The van der Waals surface area contributed by atoms with Gasteiger partial charge in [-0.3, -0.25) is 4.79 Å². The zero-order chi connectivity index (χ0) is 24.1. The Labute approximate surface area is 198 Å². The van der Waals surface area contributed by atoms with Crippen LogP contribution >= 0.6 is 0 Å². The molecule has 0 spiro atoms. The molecule has 0 aromatic heterocycles. The zero-order valence-corrected chi connectivity index (χ0v) is 19.2. The summed E-state index contributed by atoms with van der Waals surface area (Å²) in [6, 6.07) is 15.4. The zero-order valence-electron chi connectivity index (χ0n) is 19.2. The smallest absolute Gasteiger partial charge is 0.407 e. The van der Waals surface area contributed by atoms with Crippen LogP contribution in [0.3, 0.4) is 0 Å². The largest absolute Gasteiger partial charge is 0.480 e. The number of carbonyl (C=O) groups is 3. The molecule has 1 heterocycles. The van der Waals surface area contributed by atoms with Crippen molar-refractivity contribution in [1.29, 1.82) is 0 Å². The lowest BCUT2D eigenvalue weighted by molar-refractivity contribution is -0.153. The predicted molar refractivity (Wildman–Crippen MR) is 125 cm³/mol. The molecule has 2 aliphatic rings. The summed E-state index contributed by atoms with van der Waals surface area (Å²) in [6.45, 7) is 0.709. The number of alkyl carbamates (subject to hydrolysis) is 1. The van der Waals surface area contributed by atoms with Crippen LogP contribution in [0.4, 0.5) is 4.79 Å². The molecule has 4 rings (SSSR count).